The number of nitrogens with zero attached hydrogens (tertiary/aromatic N) is 3. The maximum atomic E-state index is 13.8. The summed E-state index contributed by atoms with van der Waals surface area (Å²) in [6, 6.07) is 4.35. The summed E-state index contributed by atoms with van der Waals surface area (Å²) in [4.78, 5) is 42.4. The molecule has 2 heterocycles. The van der Waals surface area contributed by atoms with Gasteiger partial charge < -0.3 is 23.4 Å². The Kier molecular flexibility index (Phi) is 5.86. The highest BCUT2D eigenvalue weighted by Gasteiger charge is 2.24. The maximum Gasteiger partial charge on any atom is 0.343 e. The zero-order valence-corrected chi connectivity index (χ0v) is 16.9. The second-order valence-electron chi connectivity index (χ2n) is 6.67. The highest BCUT2D eigenvalue weighted by molar-refractivity contribution is 6.03. The third-order valence-corrected chi connectivity index (χ3v) is 4.54. The van der Waals surface area contributed by atoms with Crippen molar-refractivity contribution in [3.05, 3.63) is 57.6 Å². The highest BCUT2D eigenvalue weighted by Crippen LogP contribution is 2.22. The molecule has 0 N–H and O–H groups in total. The zero-order chi connectivity index (χ0) is 22.0. The number of fused-ring (bicyclic) bond motifs is 1. The first-order valence-electron chi connectivity index (χ1n) is 8.91. The lowest BCUT2D eigenvalue weighted by Gasteiger charge is -2.17. The van der Waals surface area contributed by atoms with Crippen molar-refractivity contribution in [1.82, 2.24) is 14.5 Å². The Bertz CT molecular complexity index is 1180. The minimum atomic E-state index is -0.867. The van der Waals surface area contributed by atoms with E-state index >= 15 is 0 Å². The standard InChI is InChI=1S/C20H20FN3O6/c1-11-16(17-18(30-11)22-10-24(3)19(17)26)20(27)29-9-15(25)23(2)8-12-5-6-14(28-4)13(21)7-12/h5-7,10H,8-9H2,1-4H3. The molecule has 0 aliphatic heterocycles. The van der Waals surface area contributed by atoms with Crippen LogP contribution in [-0.4, -0.2) is 47.1 Å². The summed E-state index contributed by atoms with van der Waals surface area (Å²) in [5, 5.41) is -0.00277. The summed E-state index contributed by atoms with van der Waals surface area (Å²) in [5.41, 5.74) is 0.0365. The van der Waals surface area contributed by atoms with Gasteiger partial charge in [-0.3, -0.25) is 9.59 Å². The second kappa shape index (κ2) is 8.36. The van der Waals surface area contributed by atoms with Gasteiger partial charge in [-0.05, 0) is 24.6 Å². The average molecular weight is 417 g/mol. The van der Waals surface area contributed by atoms with Crippen molar-refractivity contribution in [2.75, 3.05) is 20.8 Å². The molecule has 0 atom stereocenters. The van der Waals surface area contributed by atoms with E-state index in [0.717, 1.165) is 0 Å². The minimum absolute atomic E-state index is 0.00277. The molecule has 10 heteroatoms. The maximum absolute atomic E-state index is 13.8. The van der Waals surface area contributed by atoms with Crippen molar-refractivity contribution in [2.24, 2.45) is 7.05 Å². The summed E-state index contributed by atoms with van der Waals surface area (Å²) in [5.74, 6) is -1.64. The topological polar surface area (TPSA) is 104 Å². The monoisotopic (exact) mass is 417 g/mol. The first kappa shape index (κ1) is 21.0. The number of carbonyl (C=O) groups excluding carboxylic acids is 2. The predicted molar refractivity (Wildman–Crippen MR) is 104 cm³/mol. The van der Waals surface area contributed by atoms with Gasteiger partial charge in [-0.25, -0.2) is 14.2 Å². The van der Waals surface area contributed by atoms with Crippen molar-refractivity contribution < 1.29 is 27.9 Å². The van der Waals surface area contributed by atoms with Gasteiger partial charge in [0.25, 0.3) is 11.5 Å². The van der Waals surface area contributed by atoms with Crippen molar-refractivity contribution in [3.8, 4) is 5.75 Å². The van der Waals surface area contributed by atoms with E-state index < -0.39 is 29.9 Å². The molecule has 0 aliphatic rings. The lowest BCUT2D eigenvalue weighted by atomic mass is 10.2. The van der Waals surface area contributed by atoms with Crippen LogP contribution in [-0.2, 0) is 23.1 Å². The number of aromatic nitrogens is 2. The fraction of sp³-hybridized carbons (Fsp3) is 0.300. The van der Waals surface area contributed by atoms with Gasteiger partial charge in [-0.15, -0.1) is 0 Å². The Morgan fingerprint density at radius 2 is 2.07 bits per heavy atom. The zero-order valence-electron chi connectivity index (χ0n) is 16.9. The van der Waals surface area contributed by atoms with Gasteiger partial charge in [0, 0.05) is 20.6 Å². The number of benzene rings is 1. The van der Waals surface area contributed by atoms with Crippen LogP contribution in [0.5, 0.6) is 5.75 Å². The SMILES string of the molecule is COc1ccc(CN(C)C(=O)COC(=O)c2c(C)oc3ncn(C)c(=O)c23)cc1F. The molecule has 0 aliphatic carbocycles. The van der Waals surface area contributed by atoms with E-state index in [1.54, 1.807) is 6.07 Å². The number of furan rings is 1. The van der Waals surface area contributed by atoms with Crippen molar-refractivity contribution >= 4 is 23.0 Å². The third-order valence-electron chi connectivity index (χ3n) is 4.54. The molecule has 3 aromatic rings. The molecule has 0 spiro atoms. The van der Waals surface area contributed by atoms with Crippen LogP contribution in [0.3, 0.4) is 0 Å². The van der Waals surface area contributed by atoms with E-state index in [0.29, 0.717) is 5.56 Å². The molecule has 0 fully saturated rings. The number of hydrogen-bond acceptors (Lipinski definition) is 7. The first-order chi connectivity index (χ1) is 14.2. The quantitative estimate of drug-likeness (QED) is 0.563. The molecule has 3 rings (SSSR count). The molecule has 1 amide bonds. The molecule has 2 aromatic heterocycles. The Hall–Kier alpha value is -3.69. The number of amides is 1. The highest BCUT2D eigenvalue weighted by atomic mass is 19.1. The number of likely N-dealkylation sites (N-methyl/N-ethyl adjacent to an activating group) is 1. The van der Waals surface area contributed by atoms with Gasteiger partial charge in [-0.1, -0.05) is 6.07 Å². The van der Waals surface area contributed by atoms with Gasteiger partial charge in [-0.2, -0.15) is 0 Å². The summed E-state index contributed by atoms with van der Waals surface area (Å²) in [6.45, 7) is 1.06. The molecule has 0 radical (unpaired) electrons. The number of hydrogen-bond donors (Lipinski definition) is 0. The molecule has 30 heavy (non-hydrogen) atoms. The lowest BCUT2D eigenvalue weighted by Crippen LogP contribution is -2.31. The predicted octanol–water partition coefficient (Wildman–Crippen LogP) is 1.80. The van der Waals surface area contributed by atoms with Crippen LogP contribution in [0.25, 0.3) is 11.1 Å². The molecular formula is C20H20FN3O6. The largest absolute Gasteiger partial charge is 0.494 e. The smallest absolute Gasteiger partial charge is 0.343 e. The van der Waals surface area contributed by atoms with E-state index in [1.165, 1.54) is 56.1 Å². The number of methoxy groups -OCH3 is 1. The van der Waals surface area contributed by atoms with Gasteiger partial charge in [0.15, 0.2) is 18.2 Å². The number of aryl methyl sites for hydroxylation is 2. The Morgan fingerprint density at radius 3 is 2.73 bits per heavy atom. The summed E-state index contributed by atoms with van der Waals surface area (Å²) in [6.07, 6.45) is 1.28. The minimum Gasteiger partial charge on any atom is -0.494 e. The second-order valence-corrected chi connectivity index (χ2v) is 6.67. The first-order valence-corrected chi connectivity index (χ1v) is 8.91. The van der Waals surface area contributed by atoms with E-state index in [2.05, 4.69) is 4.98 Å². The van der Waals surface area contributed by atoms with Crippen LogP contribution in [0.2, 0.25) is 0 Å². The van der Waals surface area contributed by atoms with E-state index in [1.807, 2.05) is 0 Å². The van der Waals surface area contributed by atoms with Crippen LogP contribution in [0.1, 0.15) is 21.7 Å². The lowest BCUT2D eigenvalue weighted by molar-refractivity contribution is -0.133. The van der Waals surface area contributed by atoms with Crippen molar-refractivity contribution in [2.45, 2.75) is 13.5 Å². The van der Waals surface area contributed by atoms with Gasteiger partial charge in [0.2, 0.25) is 5.71 Å². The number of rotatable bonds is 6. The van der Waals surface area contributed by atoms with Crippen molar-refractivity contribution in [1.29, 1.82) is 0 Å². The summed E-state index contributed by atoms with van der Waals surface area (Å²) < 4.78 is 30.3. The van der Waals surface area contributed by atoms with Crippen LogP contribution in [0.4, 0.5) is 4.39 Å². The Morgan fingerprint density at radius 1 is 1.33 bits per heavy atom. The van der Waals surface area contributed by atoms with E-state index in [4.69, 9.17) is 13.9 Å². The van der Waals surface area contributed by atoms with Gasteiger partial charge in [0.05, 0.1) is 7.11 Å². The number of esters is 1. The normalized spacial score (nSPS) is 10.8. The molecule has 0 bridgehead atoms. The summed E-state index contributed by atoms with van der Waals surface area (Å²) in [7, 11) is 4.35. The van der Waals surface area contributed by atoms with Gasteiger partial charge in [0.1, 0.15) is 23.0 Å². The Labute approximate surface area is 170 Å². The molecule has 0 saturated carbocycles. The third kappa shape index (κ3) is 4.02. The van der Waals surface area contributed by atoms with E-state index in [-0.39, 0.29) is 34.7 Å². The molecule has 9 nitrogen and oxygen atoms in total. The molecule has 0 saturated heterocycles. The van der Waals surface area contributed by atoms with Crippen LogP contribution in [0.15, 0.2) is 33.7 Å². The fourth-order valence-electron chi connectivity index (χ4n) is 2.91. The van der Waals surface area contributed by atoms with Crippen LogP contribution >= 0.6 is 0 Å². The van der Waals surface area contributed by atoms with Crippen molar-refractivity contribution in [3.63, 3.8) is 0 Å². The Balaban J connectivity index is 1.69. The average Bonchev–Trinajstić information content (AvgIpc) is 3.05. The number of halogens is 1. The summed E-state index contributed by atoms with van der Waals surface area (Å²) >= 11 is 0. The molecule has 1 aromatic carbocycles. The number of ether oxygens (including phenoxy) is 2. The van der Waals surface area contributed by atoms with Crippen LogP contribution < -0.4 is 10.3 Å². The van der Waals surface area contributed by atoms with Crippen LogP contribution in [0, 0.1) is 12.7 Å². The fourth-order valence-corrected chi connectivity index (χ4v) is 2.91. The van der Waals surface area contributed by atoms with Gasteiger partial charge >= 0.3 is 5.97 Å². The molecule has 0 unspecified atom stereocenters. The number of carbonyl (C=O) groups is 2. The molecule has 158 valence electrons. The van der Waals surface area contributed by atoms with E-state index in [9.17, 15) is 18.8 Å². The molecular weight excluding hydrogens is 397 g/mol.